The molecule has 0 spiro atoms. The van der Waals surface area contributed by atoms with Gasteiger partial charge in [-0.05, 0) is 36.3 Å². The van der Waals surface area contributed by atoms with Gasteiger partial charge in [0.15, 0.2) is 0 Å². The molecule has 0 aliphatic heterocycles. The molecule has 1 fully saturated rings. The Hall–Kier alpha value is -2.04. The van der Waals surface area contributed by atoms with Gasteiger partial charge in [0.1, 0.15) is 5.54 Å². The number of nitrogens with one attached hydrogen (secondary N) is 2. The van der Waals surface area contributed by atoms with Gasteiger partial charge in [0.05, 0.1) is 0 Å². The summed E-state index contributed by atoms with van der Waals surface area (Å²) in [6.45, 7) is 6.20. The lowest BCUT2D eigenvalue weighted by molar-refractivity contribution is -0.148. The van der Waals surface area contributed by atoms with Crippen LogP contribution in [0.3, 0.4) is 0 Å². The zero-order valence-electron chi connectivity index (χ0n) is 12.7. The number of rotatable bonds is 3. The standard InChI is InChI=1S/C16H22N2O3/c1-15(2,3)11-7-4-5-8-12(11)17-14(21)18-16(13(19)20)9-6-10-16/h4-5,7-8H,6,9-10H2,1-3H3,(H,19,20)(H2,17,18,21). The highest BCUT2D eigenvalue weighted by molar-refractivity contribution is 5.95. The van der Waals surface area contributed by atoms with Crippen LogP contribution in [0.5, 0.6) is 0 Å². The lowest BCUT2D eigenvalue weighted by atomic mass is 9.77. The molecule has 2 amide bonds. The van der Waals surface area contributed by atoms with E-state index in [1.807, 2.05) is 24.3 Å². The molecule has 1 aliphatic rings. The summed E-state index contributed by atoms with van der Waals surface area (Å²) in [6, 6.07) is 7.10. The average Bonchev–Trinajstić information content (AvgIpc) is 2.32. The third kappa shape index (κ3) is 3.17. The van der Waals surface area contributed by atoms with Crippen LogP contribution < -0.4 is 10.6 Å². The van der Waals surface area contributed by atoms with Crippen molar-refractivity contribution in [1.82, 2.24) is 5.32 Å². The number of carbonyl (C=O) groups excluding carboxylic acids is 1. The Morgan fingerprint density at radius 2 is 1.81 bits per heavy atom. The van der Waals surface area contributed by atoms with Gasteiger partial charge in [0.25, 0.3) is 0 Å². The Bertz CT molecular complexity index is 557. The van der Waals surface area contributed by atoms with Gasteiger partial charge in [-0.25, -0.2) is 9.59 Å². The van der Waals surface area contributed by atoms with E-state index in [-0.39, 0.29) is 5.41 Å². The molecule has 1 saturated carbocycles. The van der Waals surface area contributed by atoms with E-state index in [1.54, 1.807) is 0 Å². The summed E-state index contributed by atoms with van der Waals surface area (Å²) in [4.78, 5) is 23.4. The zero-order chi connectivity index (χ0) is 15.7. The summed E-state index contributed by atoms with van der Waals surface area (Å²) >= 11 is 0. The first-order valence-electron chi connectivity index (χ1n) is 7.17. The fourth-order valence-corrected chi connectivity index (χ4v) is 2.54. The smallest absolute Gasteiger partial charge is 0.329 e. The second-order valence-corrected chi connectivity index (χ2v) is 6.62. The van der Waals surface area contributed by atoms with Crippen molar-refractivity contribution in [2.24, 2.45) is 0 Å². The fourth-order valence-electron chi connectivity index (χ4n) is 2.54. The van der Waals surface area contributed by atoms with Gasteiger partial charge >= 0.3 is 12.0 Å². The molecule has 1 aliphatic carbocycles. The minimum absolute atomic E-state index is 0.106. The Balaban J connectivity index is 2.12. The number of para-hydroxylation sites is 1. The van der Waals surface area contributed by atoms with Crippen LogP contribution in [-0.2, 0) is 10.2 Å². The van der Waals surface area contributed by atoms with E-state index in [4.69, 9.17) is 0 Å². The van der Waals surface area contributed by atoms with E-state index in [0.29, 0.717) is 18.5 Å². The van der Waals surface area contributed by atoms with E-state index in [1.165, 1.54) is 0 Å². The highest BCUT2D eigenvalue weighted by Crippen LogP contribution is 2.33. The molecule has 5 nitrogen and oxygen atoms in total. The van der Waals surface area contributed by atoms with Gasteiger partial charge in [0.2, 0.25) is 0 Å². The van der Waals surface area contributed by atoms with Gasteiger partial charge < -0.3 is 15.7 Å². The Kier molecular flexibility index (Phi) is 3.94. The van der Waals surface area contributed by atoms with Crippen molar-refractivity contribution in [2.45, 2.75) is 51.0 Å². The minimum atomic E-state index is -1.10. The van der Waals surface area contributed by atoms with Crippen LogP contribution in [0.2, 0.25) is 0 Å². The lowest BCUT2D eigenvalue weighted by Gasteiger charge is -2.38. The van der Waals surface area contributed by atoms with E-state index in [2.05, 4.69) is 31.4 Å². The number of aliphatic carboxylic acids is 1. The maximum atomic E-state index is 12.1. The van der Waals surface area contributed by atoms with Crippen molar-refractivity contribution in [2.75, 3.05) is 5.32 Å². The van der Waals surface area contributed by atoms with Crippen molar-refractivity contribution in [3.8, 4) is 0 Å². The Morgan fingerprint density at radius 1 is 1.19 bits per heavy atom. The van der Waals surface area contributed by atoms with Crippen molar-refractivity contribution in [1.29, 1.82) is 0 Å². The van der Waals surface area contributed by atoms with Crippen molar-refractivity contribution < 1.29 is 14.7 Å². The quantitative estimate of drug-likeness (QED) is 0.800. The second kappa shape index (κ2) is 5.39. The van der Waals surface area contributed by atoms with E-state index >= 15 is 0 Å². The predicted octanol–water partition coefficient (Wildman–Crippen LogP) is 3.11. The molecular formula is C16H22N2O3. The van der Waals surface area contributed by atoms with E-state index in [9.17, 15) is 14.7 Å². The summed E-state index contributed by atoms with van der Waals surface area (Å²) in [6.07, 6.45) is 1.79. The number of urea groups is 1. The van der Waals surface area contributed by atoms with Crippen LogP contribution in [0, 0.1) is 0 Å². The molecule has 0 bridgehead atoms. The van der Waals surface area contributed by atoms with Gasteiger partial charge in [-0.1, -0.05) is 39.0 Å². The van der Waals surface area contributed by atoms with E-state index in [0.717, 1.165) is 12.0 Å². The number of carbonyl (C=O) groups is 2. The molecule has 3 N–H and O–H groups in total. The van der Waals surface area contributed by atoms with Crippen LogP contribution in [-0.4, -0.2) is 22.6 Å². The van der Waals surface area contributed by atoms with Crippen molar-refractivity contribution >= 4 is 17.7 Å². The second-order valence-electron chi connectivity index (χ2n) is 6.62. The first-order valence-corrected chi connectivity index (χ1v) is 7.17. The van der Waals surface area contributed by atoms with Gasteiger partial charge in [-0.15, -0.1) is 0 Å². The topological polar surface area (TPSA) is 78.4 Å². The van der Waals surface area contributed by atoms with Gasteiger partial charge in [0, 0.05) is 5.69 Å². The molecular weight excluding hydrogens is 268 g/mol. The summed E-state index contributed by atoms with van der Waals surface area (Å²) in [7, 11) is 0. The van der Waals surface area contributed by atoms with Crippen molar-refractivity contribution in [3.05, 3.63) is 29.8 Å². The molecule has 0 atom stereocenters. The average molecular weight is 290 g/mol. The molecule has 1 aromatic carbocycles. The monoisotopic (exact) mass is 290 g/mol. The largest absolute Gasteiger partial charge is 0.480 e. The molecule has 0 aromatic heterocycles. The molecule has 0 radical (unpaired) electrons. The first kappa shape index (κ1) is 15.4. The summed E-state index contributed by atoms with van der Waals surface area (Å²) in [5.41, 5.74) is 0.520. The van der Waals surface area contributed by atoms with Gasteiger partial charge in [-0.2, -0.15) is 0 Å². The molecule has 0 heterocycles. The third-order valence-electron chi connectivity index (χ3n) is 3.95. The van der Waals surface area contributed by atoms with Crippen LogP contribution in [0.25, 0.3) is 0 Å². The van der Waals surface area contributed by atoms with E-state index < -0.39 is 17.5 Å². The molecule has 21 heavy (non-hydrogen) atoms. The van der Waals surface area contributed by atoms with Gasteiger partial charge in [-0.3, -0.25) is 0 Å². The van der Waals surface area contributed by atoms with Crippen LogP contribution in [0.4, 0.5) is 10.5 Å². The van der Waals surface area contributed by atoms with Crippen LogP contribution >= 0.6 is 0 Å². The summed E-state index contributed by atoms with van der Waals surface area (Å²) < 4.78 is 0. The molecule has 2 rings (SSSR count). The highest BCUT2D eigenvalue weighted by atomic mass is 16.4. The number of amides is 2. The van der Waals surface area contributed by atoms with Crippen LogP contribution in [0.15, 0.2) is 24.3 Å². The minimum Gasteiger partial charge on any atom is -0.480 e. The number of anilines is 1. The summed E-state index contributed by atoms with van der Waals surface area (Å²) in [5.74, 6) is -0.965. The lowest BCUT2D eigenvalue weighted by Crippen LogP contribution is -2.60. The highest BCUT2D eigenvalue weighted by Gasteiger charge is 2.45. The van der Waals surface area contributed by atoms with Crippen molar-refractivity contribution in [3.63, 3.8) is 0 Å². The zero-order valence-corrected chi connectivity index (χ0v) is 12.7. The third-order valence-corrected chi connectivity index (χ3v) is 3.95. The molecule has 0 unspecified atom stereocenters. The number of carboxylic acid groups (broad SMARTS) is 1. The number of hydrogen-bond acceptors (Lipinski definition) is 2. The predicted molar refractivity (Wildman–Crippen MR) is 81.5 cm³/mol. The Morgan fingerprint density at radius 3 is 2.29 bits per heavy atom. The SMILES string of the molecule is CC(C)(C)c1ccccc1NC(=O)NC1(C(=O)O)CCC1. The number of carboxylic acids is 1. The normalized spacial score (nSPS) is 16.7. The number of hydrogen-bond donors (Lipinski definition) is 3. The molecule has 1 aromatic rings. The van der Waals surface area contributed by atoms with Crippen LogP contribution in [0.1, 0.15) is 45.6 Å². The molecule has 0 saturated heterocycles. The maximum absolute atomic E-state index is 12.1. The Labute approximate surface area is 124 Å². The number of benzene rings is 1. The first-order chi connectivity index (χ1) is 9.74. The fraction of sp³-hybridized carbons (Fsp3) is 0.500. The maximum Gasteiger partial charge on any atom is 0.329 e. The summed E-state index contributed by atoms with van der Waals surface area (Å²) in [5, 5.41) is 14.6. The molecule has 5 heteroatoms. The molecule has 114 valence electrons.